The number of amides is 1. The lowest BCUT2D eigenvalue weighted by Crippen LogP contribution is -2.20. The summed E-state index contributed by atoms with van der Waals surface area (Å²) in [5, 5.41) is 6.89. The Morgan fingerprint density at radius 3 is 2.40 bits per heavy atom. The van der Waals surface area contributed by atoms with E-state index in [0.717, 1.165) is 11.1 Å². The molecule has 0 bridgehead atoms. The third-order valence-electron chi connectivity index (χ3n) is 4.13. The van der Waals surface area contributed by atoms with Crippen LogP contribution in [0.4, 0.5) is 15.8 Å². The second kappa shape index (κ2) is 10.1. The number of carbonyl (C=O) groups excluding carboxylic acids is 1. The average molecular weight is 407 g/mol. The summed E-state index contributed by atoms with van der Waals surface area (Å²) in [6, 6.07) is 18.6. The molecule has 6 nitrogen and oxygen atoms in total. The Kier molecular flexibility index (Phi) is 7.00. The van der Waals surface area contributed by atoms with Crippen molar-refractivity contribution >= 4 is 23.5 Å². The minimum atomic E-state index is -0.308. The van der Waals surface area contributed by atoms with Gasteiger partial charge in [0.15, 0.2) is 18.1 Å². The first kappa shape index (κ1) is 20.9. The van der Waals surface area contributed by atoms with Crippen LogP contribution in [0.15, 0.2) is 71.8 Å². The topological polar surface area (TPSA) is 71.9 Å². The summed E-state index contributed by atoms with van der Waals surface area (Å²) in [6.07, 6.45) is 1.60. The van der Waals surface area contributed by atoms with E-state index >= 15 is 0 Å². The summed E-state index contributed by atoms with van der Waals surface area (Å²) in [4.78, 5) is 12.1. The number of aryl methyl sites for hydroxylation is 1. The molecule has 0 saturated carbocycles. The molecule has 3 rings (SSSR count). The highest BCUT2D eigenvalue weighted by Gasteiger charge is 2.09. The van der Waals surface area contributed by atoms with Crippen molar-refractivity contribution in [3.63, 3.8) is 0 Å². The highest BCUT2D eigenvalue weighted by atomic mass is 19.1. The molecule has 7 heteroatoms. The number of halogens is 1. The van der Waals surface area contributed by atoms with Gasteiger partial charge in [0.25, 0.3) is 5.91 Å². The first-order valence-corrected chi connectivity index (χ1v) is 9.25. The molecular formula is C23H22FN3O3. The molecule has 0 radical (unpaired) electrons. The first-order chi connectivity index (χ1) is 14.5. The Morgan fingerprint density at radius 1 is 1.00 bits per heavy atom. The van der Waals surface area contributed by atoms with Crippen molar-refractivity contribution in [1.29, 1.82) is 0 Å². The number of methoxy groups -OCH3 is 1. The average Bonchev–Trinajstić information content (AvgIpc) is 2.75. The molecule has 0 spiro atoms. The number of nitrogens with one attached hydrogen (secondary N) is 2. The van der Waals surface area contributed by atoms with Gasteiger partial charge in [0.2, 0.25) is 0 Å². The van der Waals surface area contributed by atoms with Crippen LogP contribution in [0.3, 0.4) is 0 Å². The van der Waals surface area contributed by atoms with Gasteiger partial charge in [-0.15, -0.1) is 0 Å². The number of ether oxygens (including phenoxy) is 2. The van der Waals surface area contributed by atoms with Crippen molar-refractivity contribution < 1.29 is 18.7 Å². The first-order valence-electron chi connectivity index (χ1n) is 9.25. The van der Waals surface area contributed by atoms with E-state index in [2.05, 4.69) is 15.8 Å². The lowest BCUT2D eigenvalue weighted by atomic mass is 10.2. The van der Waals surface area contributed by atoms with Crippen molar-refractivity contribution in [2.24, 2.45) is 5.10 Å². The second-order valence-corrected chi connectivity index (χ2v) is 6.49. The van der Waals surface area contributed by atoms with Gasteiger partial charge in [-0.1, -0.05) is 17.7 Å². The van der Waals surface area contributed by atoms with E-state index in [-0.39, 0.29) is 18.3 Å². The van der Waals surface area contributed by atoms with E-state index in [4.69, 9.17) is 9.47 Å². The SMILES string of the molecule is COc1cc(C=NNc2ccc(F)cc2)ccc1OCC(=O)Nc1ccc(C)cc1. The fraction of sp³-hybridized carbons (Fsp3) is 0.130. The molecule has 0 heterocycles. The minimum Gasteiger partial charge on any atom is -0.493 e. The standard InChI is InChI=1S/C23H22FN3O3/c1-16-3-8-19(9-4-16)26-23(28)15-30-21-12-5-17(13-22(21)29-2)14-25-27-20-10-6-18(24)7-11-20/h3-14,27H,15H2,1-2H3,(H,26,28). The van der Waals surface area contributed by atoms with Gasteiger partial charge in [-0.2, -0.15) is 5.10 Å². The monoisotopic (exact) mass is 407 g/mol. The largest absolute Gasteiger partial charge is 0.493 e. The summed E-state index contributed by atoms with van der Waals surface area (Å²) >= 11 is 0. The van der Waals surface area contributed by atoms with Crippen LogP contribution >= 0.6 is 0 Å². The van der Waals surface area contributed by atoms with Crippen LogP contribution in [0.2, 0.25) is 0 Å². The van der Waals surface area contributed by atoms with Gasteiger partial charge in [0.1, 0.15) is 5.82 Å². The van der Waals surface area contributed by atoms with E-state index in [1.807, 2.05) is 31.2 Å². The Balaban J connectivity index is 1.56. The van der Waals surface area contributed by atoms with E-state index in [9.17, 15) is 9.18 Å². The van der Waals surface area contributed by atoms with Crippen molar-refractivity contribution in [3.8, 4) is 11.5 Å². The fourth-order valence-electron chi connectivity index (χ4n) is 2.57. The number of hydrogen-bond acceptors (Lipinski definition) is 5. The van der Waals surface area contributed by atoms with Gasteiger partial charge < -0.3 is 14.8 Å². The summed E-state index contributed by atoms with van der Waals surface area (Å²) in [7, 11) is 1.52. The molecule has 0 unspecified atom stereocenters. The Bertz CT molecular complexity index is 1020. The zero-order valence-corrected chi connectivity index (χ0v) is 16.7. The normalized spacial score (nSPS) is 10.6. The van der Waals surface area contributed by atoms with Crippen LogP contribution < -0.4 is 20.2 Å². The highest BCUT2D eigenvalue weighted by Crippen LogP contribution is 2.27. The maximum Gasteiger partial charge on any atom is 0.262 e. The van der Waals surface area contributed by atoms with Crippen molar-refractivity contribution in [1.82, 2.24) is 0 Å². The number of nitrogens with zero attached hydrogens (tertiary/aromatic N) is 1. The van der Waals surface area contributed by atoms with Gasteiger partial charge in [-0.25, -0.2) is 4.39 Å². The van der Waals surface area contributed by atoms with E-state index in [0.29, 0.717) is 22.9 Å². The Hall–Kier alpha value is -3.87. The highest BCUT2D eigenvalue weighted by molar-refractivity contribution is 5.92. The molecule has 0 aliphatic carbocycles. The molecule has 0 saturated heterocycles. The zero-order valence-electron chi connectivity index (χ0n) is 16.7. The summed E-state index contributed by atoms with van der Waals surface area (Å²) in [5.74, 6) is 0.344. The molecule has 0 aromatic heterocycles. The Morgan fingerprint density at radius 2 is 1.70 bits per heavy atom. The van der Waals surface area contributed by atoms with E-state index in [1.54, 1.807) is 36.5 Å². The predicted octanol–water partition coefficient (Wildman–Crippen LogP) is 4.61. The van der Waals surface area contributed by atoms with Gasteiger partial charge in [0.05, 0.1) is 19.0 Å². The molecule has 3 aromatic rings. The lowest BCUT2D eigenvalue weighted by molar-refractivity contribution is -0.118. The van der Waals surface area contributed by atoms with E-state index < -0.39 is 0 Å². The lowest BCUT2D eigenvalue weighted by Gasteiger charge is -2.11. The molecule has 30 heavy (non-hydrogen) atoms. The van der Waals surface area contributed by atoms with Crippen molar-refractivity contribution in [3.05, 3.63) is 83.7 Å². The number of hydrogen-bond donors (Lipinski definition) is 2. The van der Waals surface area contributed by atoms with Crippen molar-refractivity contribution in [2.45, 2.75) is 6.92 Å². The fourth-order valence-corrected chi connectivity index (χ4v) is 2.57. The smallest absolute Gasteiger partial charge is 0.262 e. The summed E-state index contributed by atoms with van der Waals surface area (Å²) < 4.78 is 23.9. The van der Waals surface area contributed by atoms with Gasteiger partial charge in [0, 0.05) is 5.69 Å². The molecule has 0 aliphatic heterocycles. The van der Waals surface area contributed by atoms with E-state index in [1.165, 1.54) is 19.2 Å². The third kappa shape index (κ3) is 6.07. The number of carbonyl (C=O) groups is 1. The van der Waals surface area contributed by atoms with Gasteiger partial charge in [-0.3, -0.25) is 10.2 Å². The van der Waals surface area contributed by atoms with Crippen LogP contribution in [0.1, 0.15) is 11.1 Å². The number of anilines is 2. The molecule has 0 atom stereocenters. The molecule has 1 amide bonds. The number of benzene rings is 3. The number of hydrazone groups is 1. The van der Waals surface area contributed by atoms with Gasteiger partial charge in [-0.05, 0) is 67.1 Å². The van der Waals surface area contributed by atoms with Crippen LogP contribution in [-0.2, 0) is 4.79 Å². The van der Waals surface area contributed by atoms with Crippen LogP contribution in [0.5, 0.6) is 11.5 Å². The van der Waals surface area contributed by atoms with Crippen LogP contribution in [-0.4, -0.2) is 25.8 Å². The molecule has 0 fully saturated rings. The molecular weight excluding hydrogens is 385 g/mol. The van der Waals surface area contributed by atoms with Gasteiger partial charge >= 0.3 is 0 Å². The molecule has 2 N–H and O–H groups in total. The summed E-state index contributed by atoms with van der Waals surface area (Å²) in [5.41, 5.74) is 6.07. The molecule has 0 aliphatic rings. The quantitative estimate of drug-likeness (QED) is 0.423. The third-order valence-corrected chi connectivity index (χ3v) is 4.13. The molecule has 3 aromatic carbocycles. The van der Waals surface area contributed by atoms with Crippen LogP contribution in [0, 0.1) is 12.7 Å². The minimum absolute atomic E-state index is 0.149. The number of rotatable bonds is 8. The van der Waals surface area contributed by atoms with Crippen LogP contribution in [0.25, 0.3) is 0 Å². The maximum absolute atomic E-state index is 12.9. The summed E-state index contributed by atoms with van der Waals surface area (Å²) in [6.45, 7) is 1.83. The maximum atomic E-state index is 12.9. The predicted molar refractivity (Wildman–Crippen MR) is 116 cm³/mol. The zero-order chi connectivity index (χ0) is 21.3. The molecule has 154 valence electrons. The Labute approximate surface area is 174 Å². The van der Waals surface area contributed by atoms with Crippen molar-refractivity contribution in [2.75, 3.05) is 24.5 Å². The second-order valence-electron chi connectivity index (χ2n) is 6.49.